The van der Waals surface area contributed by atoms with Gasteiger partial charge in [0.1, 0.15) is 12.1 Å². The Kier molecular flexibility index (Phi) is 3.57. The molecule has 0 spiro atoms. The molecule has 0 bridgehead atoms. The van der Waals surface area contributed by atoms with Crippen LogP contribution in [0.3, 0.4) is 0 Å². The lowest BCUT2D eigenvalue weighted by atomic mass is 10.3. The first-order chi connectivity index (χ1) is 10.6. The van der Waals surface area contributed by atoms with Crippen molar-refractivity contribution in [2.45, 2.75) is 13.2 Å². The van der Waals surface area contributed by atoms with Gasteiger partial charge in [-0.05, 0) is 12.1 Å². The van der Waals surface area contributed by atoms with Gasteiger partial charge in [-0.2, -0.15) is 0 Å². The number of rotatable bonds is 4. The van der Waals surface area contributed by atoms with Crippen molar-refractivity contribution in [2.75, 3.05) is 0 Å². The Morgan fingerprint density at radius 2 is 2.05 bits per heavy atom. The van der Waals surface area contributed by atoms with E-state index < -0.39 is 23.6 Å². The maximum Gasteiger partial charge on any atom is 0.328 e. The van der Waals surface area contributed by atoms with Crippen LogP contribution in [0.1, 0.15) is 5.89 Å². The minimum Gasteiger partial charge on any atom is -0.454 e. The molecule has 0 saturated carbocycles. The molecule has 3 aromatic rings. The molecule has 0 unspecified atom stereocenters. The molecular formula is C14H11N3O5. The molecule has 112 valence electrons. The molecule has 0 saturated heterocycles. The van der Waals surface area contributed by atoms with Gasteiger partial charge in [0.05, 0.1) is 0 Å². The highest BCUT2D eigenvalue weighted by Crippen LogP contribution is 2.15. The lowest BCUT2D eigenvalue weighted by Gasteiger charge is -2.04. The smallest absolute Gasteiger partial charge is 0.328 e. The fourth-order valence-corrected chi connectivity index (χ4v) is 1.88. The number of nitrogens with one attached hydrogen (secondary N) is 1. The second kappa shape index (κ2) is 5.68. The number of ether oxygens (including phenoxy) is 1. The molecule has 2 heterocycles. The van der Waals surface area contributed by atoms with Gasteiger partial charge < -0.3 is 9.15 Å². The molecule has 1 N–H and O–H groups in total. The van der Waals surface area contributed by atoms with Gasteiger partial charge in [-0.25, -0.2) is 9.67 Å². The summed E-state index contributed by atoms with van der Waals surface area (Å²) in [5.74, 6) is -0.436. The molecule has 22 heavy (non-hydrogen) atoms. The van der Waals surface area contributed by atoms with Crippen LogP contribution in [-0.2, 0) is 22.7 Å². The van der Waals surface area contributed by atoms with Crippen LogP contribution in [0.4, 0.5) is 0 Å². The molecule has 0 fully saturated rings. The van der Waals surface area contributed by atoms with Crippen molar-refractivity contribution in [3.63, 3.8) is 0 Å². The Morgan fingerprint density at radius 3 is 2.86 bits per heavy atom. The van der Waals surface area contributed by atoms with Crippen LogP contribution in [0.2, 0.25) is 0 Å². The first-order valence-corrected chi connectivity index (χ1v) is 6.42. The largest absolute Gasteiger partial charge is 0.454 e. The minimum absolute atomic E-state index is 0.153. The Bertz CT molecular complexity index is 904. The number of hydrogen-bond donors (Lipinski definition) is 1. The molecule has 8 heteroatoms. The molecular weight excluding hydrogens is 290 g/mol. The van der Waals surface area contributed by atoms with Crippen molar-refractivity contribution in [3.8, 4) is 0 Å². The predicted molar refractivity (Wildman–Crippen MR) is 75.1 cm³/mol. The first kappa shape index (κ1) is 13.8. The monoisotopic (exact) mass is 301 g/mol. The molecule has 3 rings (SSSR count). The van der Waals surface area contributed by atoms with Crippen molar-refractivity contribution in [2.24, 2.45) is 0 Å². The zero-order valence-corrected chi connectivity index (χ0v) is 11.3. The van der Waals surface area contributed by atoms with Gasteiger partial charge in [0, 0.05) is 12.1 Å². The number of aromatic amines is 1. The Hall–Kier alpha value is -3.16. The summed E-state index contributed by atoms with van der Waals surface area (Å²) in [6.45, 7) is -0.547. The Morgan fingerprint density at radius 1 is 1.23 bits per heavy atom. The lowest BCUT2D eigenvalue weighted by Crippen LogP contribution is -2.31. The normalized spacial score (nSPS) is 10.7. The van der Waals surface area contributed by atoms with Gasteiger partial charge in [0.2, 0.25) is 5.89 Å². The van der Waals surface area contributed by atoms with Crippen molar-refractivity contribution >= 4 is 17.1 Å². The standard InChI is InChI=1S/C14H11N3O5/c18-11-5-6-13(19)17(16-11)7-14(20)21-8-12-15-9-3-1-2-4-10(9)22-12/h1-6H,7-8H2,(H,16,18). The summed E-state index contributed by atoms with van der Waals surface area (Å²) in [5, 5.41) is 2.23. The van der Waals surface area contributed by atoms with Crippen molar-refractivity contribution in [3.05, 3.63) is 63.0 Å². The summed E-state index contributed by atoms with van der Waals surface area (Å²) in [5.41, 5.74) is 0.277. The summed E-state index contributed by atoms with van der Waals surface area (Å²) in [7, 11) is 0. The van der Waals surface area contributed by atoms with Crippen LogP contribution in [-0.4, -0.2) is 20.7 Å². The van der Waals surface area contributed by atoms with Crippen molar-refractivity contribution < 1.29 is 13.9 Å². The lowest BCUT2D eigenvalue weighted by molar-refractivity contribution is -0.146. The van der Waals surface area contributed by atoms with E-state index in [1.807, 2.05) is 12.1 Å². The van der Waals surface area contributed by atoms with Gasteiger partial charge in [-0.1, -0.05) is 12.1 Å². The second-order valence-electron chi connectivity index (χ2n) is 4.47. The van der Waals surface area contributed by atoms with Crippen LogP contribution in [0.25, 0.3) is 11.1 Å². The molecule has 0 aliphatic heterocycles. The second-order valence-corrected chi connectivity index (χ2v) is 4.47. The highest BCUT2D eigenvalue weighted by molar-refractivity contribution is 5.72. The topological polar surface area (TPSA) is 107 Å². The summed E-state index contributed by atoms with van der Waals surface area (Å²) >= 11 is 0. The Balaban J connectivity index is 1.66. The molecule has 0 aliphatic carbocycles. The third-order valence-electron chi connectivity index (χ3n) is 2.87. The van der Waals surface area contributed by atoms with E-state index in [1.54, 1.807) is 12.1 Å². The van der Waals surface area contributed by atoms with Crippen molar-refractivity contribution in [1.29, 1.82) is 0 Å². The van der Waals surface area contributed by atoms with Crippen LogP contribution in [0.5, 0.6) is 0 Å². The summed E-state index contributed by atoms with van der Waals surface area (Å²) in [4.78, 5) is 38.4. The molecule has 0 atom stereocenters. The van der Waals surface area contributed by atoms with E-state index in [1.165, 1.54) is 0 Å². The average molecular weight is 301 g/mol. The average Bonchev–Trinajstić information content (AvgIpc) is 2.92. The van der Waals surface area contributed by atoms with E-state index in [2.05, 4.69) is 10.1 Å². The number of hydrogen-bond acceptors (Lipinski definition) is 6. The van der Waals surface area contributed by atoms with Gasteiger partial charge in [0.15, 0.2) is 12.2 Å². The fraction of sp³-hybridized carbons (Fsp3) is 0.143. The zero-order chi connectivity index (χ0) is 15.5. The number of fused-ring (bicyclic) bond motifs is 1. The summed E-state index contributed by atoms with van der Waals surface area (Å²) < 4.78 is 11.2. The highest BCUT2D eigenvalue weighted by Gasteiger charge is 2.10. The Labute approximate surface area is 122 Å². The number of nitrogens with zero attached hydrogens (tertiary/aromatic N) is 2. The third kappa shape index (κ3) is 2.95. The number of H-pyrrole nitrogens is 1. The van der Waals surface area contributed by atoms with Crippen LogP contribution in [0.15, 0.2) is 50.4 Å². The zero-order valence-electron chi connectivity index (χ0n) is 11.3. The molecule has 2 aromatic heterocycles. The van der Waals surface area contributed by atoms with Crippen LogP contribution in [0, 0.1) is 0 Å². The minimum atomic E-state index is -0.689. The van der Waals surface area contributed by atoms with Crippen molar-refractivity contribution in [1.82, 2.24) is 14.8 Å². The van der Waals surface area contributed by atoms with E-state index in [0.29, 0.717) is 11.1 Å². The molecule has 8 nitrogen and oxygen atoms in total. The molecule has 1 aromatic carbocycles. The maximum atomic E-state index is 11.7. The summed E-state index contributed by atoms with van der Waals surface area (Å²) in [6.07, 6.45) is 0. The highest BCUT2D eigenvalue weighted by atomic mass is 16.5. The number of carbonyl (C=O) groups is 1. The molecule has 0 amide bonds. The van der Waals surface area contributed by atoms with Gasteiger partial charge in [-0.3, -0.25) is 19.5 Å². The number of oxazole rings is 1. The van der Waals surface area contributed by atoms with Gasteiger partial charge >= 0.3 is 5.97 Å². The summed E-state index contributed by atoms with van der Waals surface area (Å²) in [6, 6.07) is 9.32. The first-order valence-electron chi connectivity index (χ1n) is 6.42. The number of para-hydroxylation sites is 2. The van der Waals surface area contributed by atoms with E-state index in [-0.39, 0.29) is 12.5 Å². The van der Waals surface area contributed by atoms with Crippen LogP contribution < -0.4 is 11.1 Å². The fourth-order valence-electron chi connectivity index (χ4n) is 1.88. The quantitative estimate of drug-likeness (QED) is 0.700. The third-order valence-corrected chi connectivity index (χ3v) is 2.87. The van der Waals surface area contributed by atoms with Gasteiger partial charge in [-0.15, -0.1) is 0 Å². The molecule has 0 aliphatic rings. The van der Waals surface area contributed by atoms with Crippen LogP contribution >= 0.6 is 0 Å². The van der Waals surface area contributed by atoms with E-state index in [9.17, 15) is 14.4 Å². The SMILES string of the molecule is O=C(Cn1[nH]c(=O)ccc1=O)OCc1nc2ccccc2o1. The predicted octanol–water partition coefficient (Wildman–Crippen LogP) is 0.421. The van der Waals surface area contributed by atoms with E-state index in [0.717, 1.165) is 16.8 Å². The van der Waals surface area contributed by atoms with E-state index >= 15 is 0 Å². The number of benzene rings is 1. The number of carbonyl (C=O) groups excluding carboxylic acids is 1. The molecule has 0 radical (unpaired) electrons. The number of esters is 1. The maximum absolute atomic E-state index is 11.7. The number of aromatic nitrogens is 3. The van der Waals surface area contributed by atoms with Gasteiger partial charge in [0.25, 0.3) is 11.1 Å². The van der Waals surface area contributed by atoms with E-state index in [4.69, 9.17) is 9.15 Å².